The molecule has 4 aromatic rings. The maximum atomic E-state index is 12.9. The van der Waals surface area contributed by atoms with Crippen molar-refractivity contribution in [3.8, 4) is 5.75 Å². The first kappa shape index (κ1) is 21.5. The molecular weight excluding hydrogens is 438 g/mol. The molecule has 2 heterocycles. The molecule has 1 aliphatic carbocycles. The molecule has 0 radical (unpaired) electrons. The molecule has 0 atom stereocenters. The van der Waals surface area contributed by atoms with Gasteiger partial charge in [-0.25, -0.2) is 0 Å². The van der Waals surface area contributed by atoms with Crippen LogP contribution in [0, 0.1) is 0 Å². The molecule has 1 amide bonds. The Bertz CT molecular complexity index is 1400. The van der Waals surface area contributed by atoms with E-state index in [1.807, 2.05) is 28.7 Å². The first-order valence-corrected chi connectivity index (χ1v) is 12.0. The minimum Gasteiger partial charge on any atom is -0.497 e. The third-order valence-electron chi connectivity index (χ3n) is 6.14. The maximum Gasteiger partial charge on any atom is 0.262 e. The lowest BCUT2D eigenvalue weighted by atomic mass is 10.1. The summed E-state index contributed by atoms with van der Waals surface area (Å²) in [6, 6.07) is 13.3. The van der Waals surface area contributed by atoms with Gasteiger partial charge in [0, 0.05) is 24.4 Å². The molecule has 2 aromatic heterocycles. The van der Waals surface area contributed by atoms with Crippen molar-refractivity contribution in [1.82, 2.24) is 24.5 Å². The average molecular weight is 464 g/mol. The zero-order chi connectivity index (χ0) is 22.9. The molecule has 0 unspecified atom stereocenters. The second-order valence-electron chi connectivity index (χ2n) is 8.31. The van der Waals surface area contributed by atoms with Crippen LogP contribution in [-0.4, -0.2) is 38.2 Å². The molecule has 2 aromatic carbocycles. The van der Waals surface area contributed by atoms with Crippen LogP contribution in [-0.2, 0) is 12.8 Å². The lowest BCUT2D eigenvalue weighted by molar-refractivity contribution is 0.0938. The number of amides is 1. The predicted molar refractivity (Wildman–Crippen MR) is 128 cm³/mol. The minimum absolute atomic E-state index is 0.115. The van der Waals surface area contributed by atoms with Crippen LogP contribution in [0.5, 0.6) is 5.75 Å². The average Bonchev–Trinajstić information content (AvgIpc) is 3.51. The van der Waals surface area contributed by atoms with E-state index in [0.29, 0.717) is 33.2 Å². The van der Waals surface area contributed by atoms with Crippen LogP contribution in [0.4, 0.5) is 0 Å². The summed E-state index contributed by atoms with van der Waals surface area (Å²) in [5.74, 6) is 1.78. The molecule has 0 aliphatic heterocycles. The Morgan fingerprint density at radius 3 is 2.79 bits per heavy atom. The summed E-state index contributed by atoms with van der Waals surface area (Å²) in [5, 5.41) is 12.9. The molecular formula is C24H25N5O3S. The normalized spacial score (nSPS) is 14.2. The number of hydrogen-bond acceptors (Lipinski definition) is 6. The summed E-state index contributed by atoms with van der Waals surface area (Å²) in [6.45, 7) is 0. The Morgan fingerprint density at radius 1 is 1.18 bits per heavy atom. The van der Waals surface area contributed by atoms with Crippen molar-refractivity contribution in [2.24, 2.45) is 7.05 Å². The first-order chi connectivity index (χ1) is 16.0. The molecule has 9 heteroatoms. The van der Waals surface area contributed by atoms with Crippen molar-refractivity contribution >= 4 is 34.3 Å². The highest BCUT2D eigenvalue weighted by Crippen LogP contribution is 2.26. The van der Waals surface area contributed by atoms with Gasteiger partial charge in [-0.1, -0.05) is 36.7 Å². The van der Waals surface area contributed by atoms with Crippen molar-refractivity contribution in [2.75, 3.05) is 7.11 Å². The fraction of sp³-hybridized carbons (Fsp3) is 0.333. The van der Waals surface area contributed by atoms with Gasteiger partial charge in [-0.3, -0.25) is 18.6 Å². The molecule has 0 spiro atoms. The van der Waals surface area contributed by atoms with Crippen LogP contribution in [0.2, 0.25) is 0 Å². The predicted octanol–water partition coefficient (Wildman–Crippen LogP) is 3.55. The number of nitrogens with one attached hydrogen (secondary N) is 1. The molecule has 8 nitrogen and oxygen atoms in total. The number of thioether (sulfide) groups is 1. The van der Waals surface area contributed by atoms with Crippen molar-refractivity contribution in [1.29, 1.82) is 0 Å². The largest absolute Gasteiger partial charge is 0.497 e. The standard InChI is InChI=1S/C24H25N5O3S/c1-28-22(31)19-11-10-16(21(30)25-17-7-3-4-8-17)13-20(19)29-23(28)26-27-24(29)33-14-15-6-5-9-18(12-15)32-2/h5-6,9-13,17H,3-4,7-8,14H2,1-2H3,(H,25,30). The monoisotopic (exact) mass is 463 g/mol. The zero-order valence-electron chi connectivity index (χ0n) is 18.6. The Balaban J connectivity index is 1.54. The van der Waals surface area contributed by atoms with E-state index < -0.39 is 0 Å². The van der Waals surface area contributed by atoms with Crippen LogP contribution in [0.3, 0.4) is 0 Å². The van der Waals surface area contributed by atoms with Gasteiger partial charge < -0.3 is 10.1 Å². The summed E-state index contributed by atoms with van der Waals surface area (Å²) in [7, 11) is 3.33. The fourth-order valence-electron chi connectivity index (χ4n) is 4.34. The highest BCUT2D eigenvalue weighted by atomic mass is 32.2. The van der Waals surface area contributed by atoms with E-state index in [9.17, 15) is 9.59 Å². The van der Waals surface area contributed by atoms with Crippen molar-refractivity contribution < 1.29 is 9.53 Å². The second kappa shape index (κ2) is 8.90. The Labute approximate surface area is 195 Å². The maximum absolute atomic E-state index is 12.9. The van der Waals surface area contributed by atoms with E-state index >= 15 is 0 Å². The van der Waals surface area contributed by atoms with Crippen LogP contribution in [0.15, 0.2) is 52.4 Å². The minimum atomic E-state index is -0.169. The number of aryl methyl sites for hydroxylation is 1. The number of aromatic nitrogens is 4. The fourth-order valence-corrected chi connectivity index (χ4v) is 5.23. The van der Waals surface area contributed by atoms with Crippen LogP contribution < -0.4 is 15.6 Å². The van der Waals surface area contributed by atoms with Crippen molar-refractivity contribution in [3.63, 3.8) is 0 Å². The van der Waals surface area contributed by atoms with Gasteiger partial charge >= 0.3 is 0 Å². The highest BCUT2D eigenvalue weighted by molar-refractivity contribution is 7.98. The van der Waals surface area contributed by atoms with E-state index in [-0.39, 0.29) is 17.5 Å². The van der Waals surface area contributed by atoms with Gasteiger partial charge in [0.25, 0.3) is 11.5 Å². The third-order valence-corrected chi connectivity index (χ3v) is 7.14. The third kappa shape index (κ3) is 4.08. The number of carbonyl (C=O) groups is 1. The second-order valence-corrected chi connectivity index (χ2v) is 9.25. The summed E-state index contributed by atoms with van der Waals surface area (Å²) < 4.78 is 8.66. The number of hydrogen-bond donors (Lipinski definition) is 1. The summed E-state index contributed by atoms with van der Waals surface area (Å²) in [4.78, 5) is 25.8. The number of ether oxygens (including phenoxy) is 1. The number of carbonyl (C=O) groups excluding carboxylic acids is 1. The molecule has 1 saturated carbocycles. The zero-order valence-corrected chi connectivity index (χ0v) is 19.4. The number of rotatable bonds is 6. The van der Waals surface area contributed by atoms with Crippen LogP contribution in [0.1, 0.15) is 41.6 Å². The van der Waals surface area contributed by atoms with Gasteiger partial charge in [0.15, 0.2) is 5.16 Å². The van der Waals surface area contributed by atoms with Crippen molar-refractivity contribution in [2.45, 2.75) is 42.6 Å². The van der Waals surface area contributed by atoms with E-state index in [1.165, 1.54) is 16.3 Å². The van der Waals surface area contributed by atoms with Gasteiger partial charge in [-0.15, -0.1) is 10.2 Å². The summed E-state index contributed by atoms with van der Waals surface area (Å²) in [5.41, 5.74) is 2.07. The molecule has 1 N–H and O–H groups in total. The van der Waals surface area contributed by atoms with Crippen LogP contribution in [0.25, 0.3) is 16.7 Å². The van der Waals surface area contributed by atoms with E-state index in [0.717, 1.165) is 37.0 Å². The number of nitrogens with zero attached hydrogens (tertiary/aromatic N) is 4. The van der Waals surface area contributed by atoms with E-state index in [1.54, 1.807) is 32.4 Å². The first-order valence-electron chi connectivity index (χ1n) is 11.0. The molecule has 0 saturated heterocycles. The number of methoxy groups -OCH3 is 1. The SMILES string of the molecule is COc1cccc(CSc2nnc3n(C)c(=O)c4ccc(C(=O)NC5CCCC5)cc4n23)c1. The lowest BCUT2D eigenvalue weighted by Gasteiger charge is -2.13. The molecule has 170 valence electrons. The molecule has 1 fully saturated rings. The van der Waals surface area contributed by atoms with Crippen molar-refractivity contribution in [3.05, 3.63) is 63.9 Å². The van der Waals surface area contributed by atoms with Gasteiger partial charge in [-0.05, 0) is 48.7 Å². The van der Waals surface area contributed by atoms with Gasteiger partial charge in [0.2, 0.25) is 5.78 Å². The van der Waals surface area contributed by atoms with Crippen LogP contribution >= 0.6 is 11.8 Å². The smallest absolute Gasteiger partial charge is 0.262 e. The molecule has 5 rings (SSSR count). The lowest BCUT2D eigenvalue weighted by Crippen LogP contribution is -2.32. The number of fused-ring (bicyclic) bond motifs is 3. The topological polar surface area (TPSA) is 90.5 Å². The van der Waals surface area contributed by atoms with Gasteiger partial charge in [0.1, 0.15) is 5.75 Å². The Morgan fingerprint density at radius 2 is 2.00 bits per heavy atom. The molecule has 1 aliphatic rings. The molecule has 0 bridgehead atoms. The number of benzene rings is 2. The Hall–Kier alpha value is -3.33. The summed E-state index contributed by atoms with van der Waals surface area (Å²) in [6.07, 6.45) is 4.32. The summed E-state index contributed by atoms with van der Waals surface area (Å²) >= 11 is 1.52. The van der Waals surface area contributed by atoms with Gasteiger partial charge in [0.05, 0.1) is 18.0 Å². The Kier molecular flexibility index (Phi) is 5.80. The molecule has 33 heavy (non-hydrogen) atoms. The van der Waals surface area contributed by atoms with E-state index in [4.69, 9.17) is 4.74 Å². The van der Waals surface area contributed by atoms with Gasteiger partial charge in [-0.2, -0.15) is 0 Å². The quantitative estimate of drug-likeness (QED) is 0.440. The highest BCUT2D eigenvalue weighted by Gasteiger charge is 2.20. The van der Waals surface area contributed by atoms with E-state index in [2.05, 4.69) is 15.5 Å².